The zero-order chi connectivity index (χ0) is 12.1. The number of methoxy groups -OCH3 is 1. The number of nitrogens with zero attached hydrogens (tertiary/aromatic N) is 1. The molecule has 0 spiro atoms. The lowest BCUT2D eigenvalue weighted by atomic mass is 10.2. The third-order valence-electron chi connectivity index (χ3n) is 2.11. The molecule has 0 aliphatic rings. The van der Waals surface area contributed by atoms with Crippen LogP contribution in [0.5, 0.6) is 0 Å². The molecule has 0 fully saturated rings. The smallest absolute Gasteiger partial charge is 0.316 e. The molecule has 1 N–H and O–H groups in total. The van der Waals surface area contributed by atoms with E-state index >= 15 is 0 Å². The second-order valence-corrected chi connectivity index (χ2v) is 4.12. The lowest BCUT2D eigenvalue weighted by Gasteiger charge is -2.04. The first-order valence-electron chi connectivity index (χ1n) is 4.87. The highest BCUT2D eigenvalue weighted by molar-refractivity contribution is 7.99. The summed E-state index contributed by atoms with van der Waals surface area (Å²) in [7, 11) is 1.32. The van der Waals surface area contributed by atoms with Crippen LogP contribution < -0.4 is 5.56 Å². The molecule has 1 heterocycles. The van der Waals surface area contributed by atoms with Gasteiger partial charge in [-0.3, -0.25) is 9.59 Å². The van der Waals surface area contributed by atoms with E-state index < -0.39 is 0 Å². The van der Waals surface area contributed by atoms with Gasteiger partial charge in [0.2, 0.25) is 0 Å². The number of ether oxygens (including phenoxy) is 1. The van der Waals surface area contributed by atoms with Crippen LogP contribution in [0.4, 0.5) is 0 Å². The van der Waals surface area contributed by atoms with Gasteiger partial charge in [0.1, 0.15) is 0 Å². The van der Waals surface area contributed by atoms with E-state index in [2.05, 4.69) is 14.7 Å². The van der Waals surface area contributed by atoms with Crippen molar-refractivity contribution in [2.45, 2.75) is 25.4 Å². The molecule has 1 aromatic rings. The van der Waals surface area contributed by atoms with Crippen molar-refractivity contribution in [2.75, 3.05) is 12.9 Å². The van der Waals surface area contributed by atoms with E-state index in [-0.39, 0.29) is 17.3 Å². The van der Waals surface area contributed by atoms with Crippen molar-refractivity contribution in [3.05, 3.63) is 21.6 Å². The van der Waals surface area contributed by atoms with Gasteiger partial charge in [-0.15, -0.1) is 0 Å². The summed E-state index contributed by atoms with van der Waals surface area (Å²) in [4.78, 5) is 29.3. The Morgan fingerprint density at radius 2 is 2.25 bits per heavy atom. The number of nitrogens with one attached hydrogen (secondary N) is 1. The predicted octanol–water partition coefficient (Wildman–Crippen LogP) is 0.906. The third-order valence-corrected chi connectivity index (χ3v) is 2.96. The summed E-state index contributed by atoms with van der Waals surface area (Å²) in [5.41, 5.74) is 1.25. The maximum Gasteiger partial charge on any atom is 0.316 e. The van der Waals surface area contributed by atoms with Crippen molar-refractivity contribution in [1.82, 2.24) is 9.97 Å². The number of hydrogen-bond donors (Lipinski definition) is 1. The molecule has 88 valence electrons. The topological polar surface area (TPSA) is 72.0 Å². The number of thioether (sulfide) groups is 1. The molecule has 16 heavy (non-hydrogen) atoms. The predicted molar refractivity (Wildman–Crippen MR) is 61.7 cm³/mol. The van der Waals surface area contributed by atoms with Gasteiger partial charge in [0, 0.05) is 11.3 Å². The Hall–Kier alpha value is -1.30. The zero-order valence-electron chi connectivity index (χ0n) is 9.49. The Kier molecular flexibility index (Phi) is 4.54. The standard InChI is InChI=1S/C10H14N2O3S/c1-4-7-6(2)11-10(12-9(7)14)16-5-8(13)15-3/h4-5H2,1-3H3,(H,11,12,14). The summed E-state index contributed by atoms with van der Waals surface area (Å²) in [5.74, 6) is -0.200. The van der Waals surface area contributed by atoms with Gasteiger partial charge < -0.3 is 9.72 Å². The lowest BCUT2D eigenvalue weighted by Crippen LogP contribution is -2.17. The fraction of sp³-hybridized carbons (Fsp3) is 0.500. The molecular formula is C10H14N2O3S. The second kappa shape index (κ2) is 5.69. The van der Waals surface area contributed by atoms with Crippen LogP contribution in [0.2, 0.25) is 0 Å². The first-order chi connectivity index (χ1) is 7.58. The molecule has 0 unspecified atom stereocenters. The van der Waals surface area contributed by atoms with Gasteiger partial charge >= 0.3 is 5.97 Å². The fourth-order valence-electron chi connectivity index (χ4n) is 1.26. The number of esters is 1. The van der Waals surface area contributed by atoms with E-state index in [4.69, 9.17) is 0 Å². The van der Waals surface area contributed by atoms with Crippen LogP contribution in [0.25, 0.3) is 0 Å². The summed E-state index contributed by atoms with van der Waals surface area (Å²) in [6.07, 6.45) is 0.649. The molecule has 0 aromatic carbocycles. The highest BCUT2D eigenvalue weighted by Gasteiger charge is 2.08. The monoisotopic (exact) mass is 242 g/mol. The summed E-state index contributed by atoms with van der Waals surface area (Å²) in [5, 5.41) is 0.449. The Labute approximate surface area is 97.6 Å². The normalized spacial score (nSPS) is 10.2. The summed E-state index contributed by atoms with van der Waals surface area (Å²) >= 11 is 1.16. The van der Waals surface area contributed by atoms with Crippen LogP contribution in [-0.4, -0.2) is 28.8 Å². The molecular weight excluding hydrogens is 228 g/mol. The van der Waals surface area contributed by atoms with Crippen molar-refractivity contribution in [3.8, 4) is 0 Å². The van der Waals surface area contributed by atoms with Crippen molar-refractivity contribution >= 4 is 17.7 Å². The SMILES string of the molecule is CCc1c(C)nc(SCC(=O)OC)[nH]c1=O. The van der Waals surface area contributed by atoms with E-state index in [9.17, 15) is 9.59 Å². The van der Waals surface area contributed by atoms with Crippen LogP contribution in [0, 0.1) is 6.92 Å². The fourth-order valence-corrected chi connectivity index (χ4v) is 1.99. The number of aromatic amines is 1. The average Bonchev–Trinajstić information content (AvgIpc) is 2.25. The molecule has 1 aromatic heterocycles. The van der Waals surface area contributed by atoms with Crippen molar-refractivity contribution < 1.29 is 9.53 Å². The minimum Gasteiger partial charge on any atom is -0.468 e. The van der Waals surface area contributed by atoms with Crippen LogP contribution in [-0.2, 0) is 16.0 Å². The van der Waals surface area contributed by atoms with Gasteiger partial charge in [0.25, 0.3) is 5.56 Å². The van der Waals surface area contributed by atoms with Gasteiger partial charge in [0.15, 0.2) is 5.16 Å². The summed E-state index contributed by atoms with van der Waals surface area (Å²) < 4.78 is 4.50. The molecule has 5 nitrogen and oxygen atoms in total. The van der Waals surface area contributed by atoms with Gasteiger partial charge in [-0.05, 0) is 13.3 Å². The van der Waals surface area contributed by atoms with E-state index in [1.54, 1.807) is 6.92 Å². The largest absolute Gasteiger partial charge is 0.468 e. The van der Waals surface area contributed by atoms with Crippen LogP contribution in [0.3, 0.4) is 0 Å². The molecule has 1 rings (SSSR count). The molecule has 0 atom stereocenters. The number of hydrogen-bond acceptors (Lipinski definition) is 5. The Morgan fingerprint density at radius 3 is 2.75 bits per heavy atom. The second-order valence-electron chi connectivity index (χ2n) is 3.15. The average molecular weight is 242 g/mol. The quantitative estimate of drug-likeness (QED) is 0.482. The van der Waals surface area contributed by atoms with Crippen molar-refractivity contribution in [1.29, 1.82) is 0 Å². The molecule has 0 saturated heterocycles. The summed E-state index contributed by atoms with van der Waals surface area (Å²) in [6.45, 7) is 3.69. The first-order valence-corrected chi connectivity index (χ1v) is 5.86. The van der Waals surface area contributed by atoms with Crippen LogP contribution >= 0.6 is 11.8 Å². The highest BCUT2D eigenvalue weighted by atomic mass is 32.2. The van der Waals surface area contributed by atoms with Crippen molar-refractivity contribution in [2.24, 2.45) is 0 Å². The van der Waals surface area contributed by atoms with Crippen LogP contribution in [0.15, 0.2) is 9.95 Å². The lowest BCUT2D eigenvalue weighted by molar-refractivity contribution is -0.137. The van der Waals surface area contributed by atoms with Gasteiger partial charge in [-0.2, -0.15) is 0 Å². The van der Waals surface area contributed by atoms with E-state index in [1.807, 2.05) is 6.92 Å². The number of aryl methyl sites for hydroxylation is 1. The molecule has 0 saturated carbocycles. The molecule has 6 heteroatoms. The number of aromatic nitrogens is 2. The summed E-state index contributed by atoms with van der Waals surface area (Å²) in [6, 6.07) is 0. The molecule has 0 aliphatic carbocycles. The minimum atomic E-state index is -0.343. The Morgan fingerprint density at radius 1 is 1.56 bits per heavy atom. The number of rotatable bonds is 4. The maximum absolute atomic E-state index is 11.6. The number of carbonyl (C=O) groups is 1. The molecule has 0 radical (unpaired) electrons. The zero-order valence-corrected chi connectivity index (χ0v) is 10.3. The van der Waals surface area contributed by atoms with Gasteiger partial charge in [0.05, 0.1) is 12.9 Å². The third kappa shape index (κ3) is 3.10. The van der Waals surface area contributed by atoms with Crippen molar-refractivity contribution in [3.63, 3.8) is 0 Å². The van der Waals surface area contributed by atoms with Gasteiger partial charge in [-0.1, -0.05) is 18.7 Å². The minimum absolute atomic E-state index is 0.137. The molecule has 0 aliphatic heterocycles. The molecule has 0 bridgehead atoms. The van der Waals surface area contributed by atoms with Gasteiger partial charge in [-0.25, -0.2) is 4.98 Å². The highest BCUT2D eigenvalue weighted by Crippen LogP contribution is 2.12. The Bertz CT molecular complexity index is 442. The number of H-pyrrole nitrogens is 1. The van der Waals surface area contributed by atoms with E-state index in [0.29, 0.717) is 22.8 Å². The maximum atomic E-state index is 11.6. The number of carbonyl (C=O) groups excluding carboxylic acids is 1. The first kappa shape index (κ1) is 12.8. The van der Waals surface area contributed by atoms with E-state index in [0.717, 1.165) is 11.8 Å². The Balaban J connectivity index is 2.84. The van der Waals surface area contributed by atoms with E-state index in [1.165, 1.54) is 7.11 Å². The van der Waals surface area contributed by atoms with Crippen LogP contribution in [0.1, 0.15) is 18.2 Å². The molecule has 0 amide bonds.